The van der Waals surface area contributed by atoms with Crippen molar-refractivity contribution in [3.63, 3.8) is 0 Å². The summed E-state index contributed by atoms with van der Waals surface area (Å²) in [6, 6.07) is 27.3. The number of benzene rings is 4. The Balaban J connectivity index is 1.39. The van der Waals surface area contributed by atoms with Gasteiger partial charge < -0.3 is 19.5 Å². The number of sulfonamides is 1. The van der Waals surface area contributed by atoms with Gasteiger partial charge in [0.2, 0.25) is 0 Å². The van der Waals surface area contributed by atoms with E-state index in [-0.39, 0.29) is 28.8 Å². The van der Waals surface area contributed by atoms with Crippen molar-refractivity contribution in [2.45, 2.75) is 18.4 Å². The van der Waals surface area contributed by atoms with Crippen molar-refractivity contribution < 1.29 is 32.2 Å². The Labute approximate surface area is 262 Å². The van der Waals surface area contributed by atoms with E-state index in [0.717, 1.165) is 15.4 Å². The van der Waals surface area contributed by atoms with Crippen molar-refractivity contribution in [1.82, 2.24) is 10.7 Å². The van der Waals surface area contributed by atoms with E-state index in [2.05, 4.69) is 15.8 Å². The number of carbonyl (C=O) groups excluding carboxylic acids is 2. The molecule has 0 fully saturated rings. The number of hydrazone groups is 1. The smallest absolute Gasteiger partial charge is 0.264 e. The van der Waals surface area contributed by atoms with Crippen LogP contribution in [0.2, 0.25) is 0 Å². The number of aryl methyl sites for hydroxylation is 1. The molecule has 0 saturated carbocycles. The molecule has 0 saturated heterocycles. The largest absolute Gasteiger partial charge is 0.497 e. The lowest BCUT2D eigenvalue weighted by Gasteiger charge is -2.25. The highest BCUT2D eigenvalue weighted by Gasteiger charge is 2.30. The Morgan fingerprint density at radius 1 is 0.844 bits per heavy atom. The lowest BCUT2D eigenvalue weighted by atomic mass is 10.2. The van der Waals surface area contributed by atoms with E-state index in [1.165, 1.54) is 38.6 Å². The average Bonchev–Trinajstić information content (AvgIpc) is 3.06. The SMILES string of the molecule is COc1ccc(OC)c(N(CC(=O)N/N=C\c2ccc(OCC(=O)NCc3ccccc3)cc2)S(=O)(=O)c2ccc(C)cc2)c1. The van der Waals surface area contributed by atoms with Gasteiger partial charge in [0.15, 0.2) is 6.61 Å². The highest BCUT2D eigenvalue weighted by Crippen LogP contribution is 2.35. The molecule has 4 aromatic rings. The van der Waals surface area contributed by atoms with Crippen molar-refractivity contribution in [3.8, 4) is 17.2 Å². The van der Waals surface area contributed by atoms with Crippen LogP contribution in [0.4, 0.5) is 5.69 Å². The van der Waals surface area contributed by atoms with Crippen LogP contribution >= 0.6 is 0 Å². The predicted octanol–water partition coefficient (Wildman–Crippen LogP) is 4.05. The average molecular weight is 631 g/mol. The zero-order valence-corrected chi connectivity index (χ0v) is 25.9. The van der Waals surface area contributed by atoms with Gasteiger partial charge in [0.05, 0.1) is 31.0 Å². The van der Waals surface area contributed by atoms with Crippen LogP contribution in [0.5, 0.6) is 17.2 Å². The van der Waals surface area contributed by atoms with E-state index in [1.54, 1.807) is 48.5 Å². The normalized spacial score (nSPS) is 11.1. The zero-order valence-electron chi connectivity index (χ0n) is 25.1. The lowest BCUT2D eigenvalue weighted by molar-refractivity contribution is -0.123. The molecule has 0 aliphatic rings. The van der Waals surface area contributed by atoms with Gasteiger partial charge in [-0.1, -0.05) is 48.0 Å². The molecule has 4 aromatic carbocycles. The van der Waals surface area contributed by atoms with Gasteiger partial charge in [-0.3, -0.25) is 13.9 Å². The summed E-state index contributed by atoms with van der Waals surface area (Å²) in [5.41, 5.74) is 5.01. The molecule has 0 radical (unpaired) electrons. The summed E-state index contributed by atoms with van der Waals surface area (Å²) in [6.07, 6.45) is 1.40. The first kappa shape index (κ1) is 32.6. The Bertz CT molecular complexity index is 1730. The minimum atomic E-state index is -4.19. The predicted molar refractivity (Wildman–Crippen MR) is 171 cm³/mol. The van der Waals surface area contributed by atoms with Crippen molar-refractivity contribution in [2.75, 3.05) is 31.7 Å². The summed E-state index contributed by atoms with van der Waals surface area (Å²) in [7, 11) is -1.33. The summed E-state index contributed by atoms with van der Waals surface area (Å²) >= 11 is 0. The number of hydrogen-bond acceptors (Lipinski definition) is 8. The monoisotopic (exact) mass is 630 g/mol. The topological polar surface area (TPSA) is 136 Å². The van der Waals surface area contributed by atoms with Crippen LogP contribution < -0.4 is 29.3 Å². The minimum Gasteiger partial charge on any atom is -0.497 e. The molecule has 2 N–H and O–H groups in total. The van der Waals surface area contributed by atoms with Crippen LogP contribution in [-0.4, -0.2) is 53.8 Å². The fourth-order valence-electron chi connectivity index (χ4n) is 4.12. The highest BCUT2D eigenvalue weighted by atomic mass is 32.2. The van der Waals surface area contributed by atoms with Crippen LogP contribution in [-0.2, 0) is 26.2 Å². The Hall–Kier alpha value is -5.36. The summed E-state index contributed by atoms with van der Waals surface area (Å²) in [5.74, 6) is 0.160. The first-order chi connectivity index (χ1) is 21.7. The second-order valence-electron chi connectivity index (χ2n) is 9.78. The molecule has 4 rings (SSSR count). The number of rotatable bonds is 14. The lowest BCUT2D eigenvalue weighted by Crippen LogP contribution is -2.39. The van der Waals surface area contributed by atoms with E-state index in [4.69, 9.17) is 14.2 Å². The molecule has 0 atom stereocenters. The van der Waals surface area contributed by atoms with E-state index in [1.807, 2.05) is 37.3 Å². The molecule has 0 spiro atoms. The number of amides is 2. The van der Waals surface area contributed by atoms with Crippen molar-refractivity contribution in [2.24, 2.45) is 5.10 Å². The van der Waals surface area contributed by atoms with E-state index in [9.17, 15) is 18.0 Å². The van der Waals surface area contributed by atoms with Gasteiger partial charge in [-0.15, -0.1) is 0 Å². The van der Waals surface area contributed by atoms with Gasteiger partial charge in [0.25, 0.3) is 21.8 Å². The number of nitrogens with one attached hydrogen (secondary N) is 2. The van der Waals surface area contributed by atoms with Gasteiger partial charge in [0, 0.05) is 12.6 Å². The standard InChI is InChI=1S/C33H34N4O7S/c1-24-9-16-29(17-10-24)45(40,41)37(30-19-28(42-2)15-18-31(30)43-3)22-32(38)36-35-21-26-11-13-27(14-12-26)44-23-33(39)34-20-25-7-5-4-6-8-25/h4-19,21H,20,22-23H2,1-3H3,(H,34,39)(H,36,38)/b35-21-. The third kappa shape index (κ3) is 9.07. The van der Waals surface area contributed by atoms with Crippen LogP contribution in [0.25, 0.3) is 0 Å². The van der Waals surface area contributed by atoms with Crippen LogP contribution in [0.15, 0.2) is 107 Å². The fourth-order valence-corrected chi connectivity index (χ4v) is 5.54. The second kappa shape index (κ2) is 15.4. The van der Waals surface area contributed by atoms with E-state index in [0.29, 0.717) is 23.6 Å². The Kier molecular flexibility index (Phi) is 11.1. The van der Waals surface area contributed by atoms with Gasteiger partial charge in [-0.05, 0) is 66.6 Å². The molecule has 12 heteroatoms. The molecule has 2 amide bonds. The molecular weight excluding hydrogens is 596 g/mol. The minimum absolute atomic E-state index is 0.00487. The van der Waals surface area contributed by atoms with Crippen LogP contribution in [0.1, 0.15) is 16.7 Å². The summed E-state index contributed by atoms with van der Waals surface area (Å²) < 4.78 is 44.7. The fraction of sp³-hybridized carbons (Fsp3) is 0.182. The molecule has 45 heavy (non-hydrogen) atoms. The molecule has 0 aliphatic carbocycles. The van der Waals surface area contributed by atoms with Crippen molar-refractivity contribution in [1.29, 1.82) is 0 Å². The molecule has 0 bridgehead atoms. The van der Waals surface area contributed by atoms with Gasteiger partial charge in [-0.2, -0.15) is 5.10 Å². The van der Waals surface area contributed by atoms with Gasteiger partial charge in [-0.25, -0.2) is 13.8 Å². The third-order valence-corrected chi connectivity index (χ3v) is 8.31. The summed E-state index contributed by atoms with van der Waals surface area (Å²) in [5, 5.41) is 6.78. The first-order valence-electron chi connectivity index (χ1n) is 13.9. The van der Waals surface area contributed by atoms with Crippen molar-refractivity contribution in [3.05, 3.63) is 114 Å². The maximum absolute atomic E-state index is 13.7. The Morgan fingerprint density at radius 2 is 1.53 bits per heavy atom. The number of ether oxygens (including phenoxy) is 3. The maximum atomic E-state index is 13.7. The van der Waals surface area contributed by atoms with E-state index >= 15 is 0 Å². The molecule has 234 valence electrons. The second-order valence-corrected chi connectivity index (χ2v) is 11.6. The number of hydrogen-bond donors (Lipinski definition) is 2. The number of methoxy groups -OCH3 is 2. The van der Waals surface area contributed by atoms with Crippen LogP contribution in [0, 0.1) is 6.92 Å². The summed E-state index contributed by atoms with van der Waals surface area (Å²) in [4.78, 5) is 25.1. The third-order valence-electron chi connectivity index (χ3n) is 6.54. The molecular formula is C33H34N4O7S. The molecule has 11 nitrogen and oxygen atoms in total. The van der Waals surface area contributed by atoms with E-state index < -0.39 is 22.5 Å². The quantitative estimate of drug-likeness (QED) is 0.159. The molecule has 0 heterocycles. The van der Waals surface area contributed by atoms with Crippen LogP contribution in [0.3, 0.4) is 0 Å². The maximum Gasteiger partial charge on any atom is 0.264 e. The number of carbonyl (C=O) groups is 2. The molecule has 0 aliphatic heterocycles. The van der Waals surface area contributed by atoms with Gasteiger partial charge in [0.1, 0.15) is 23.8 Å². The number of anilines is 1. The Morgan fingerprint density at radius 3 is 2.20 bits per heavy atom. The first-order valence-corrected chi connectivity index (χ1v) is 15.3. The molecule has 0 unspecified atom stereocenters. The summed E-state index contributed by atoms with van der Waals surface area (Å²) in [6.45, 7) is 1.53. The number of nitrogens with zero attached hydrogens (tertiary/aromatic N) is 2. The zero-order chi connectivity index (χ0) is 32.2. The van der Waals surface area contributed by atoms with Gasteiger partial charge >= 0.3 is 0 Å². The molecule has 0 aromatic heterocycles. The highest BCUT2D eigenvalue weighted by molar-refractivity contribution is 7.92. The van der Waals surface area contributed by atoms with Crippen molar-refractivity contribution >= 4 is 33.7 Å².